The van der Waals surface area contributed by atoms with E-state index >= 15 is 0 Å². The largest absolute Gasteiger partial charge is 0.303 e. The molecular weight excluding hydrogens is 296 g/mol. The van der Waals surface area contributed by atoms with Crippen LogP contribution in [0.3, 0.4) is 0 Å². The van der Waals surface area contributed by atoms with E-state index in [9.17, 15) is 4.79 Å². The number of nitrogens with zero attached hydrogens (tertiary/aromatic N) is 2. The summed E-state index contributed by atoms with van der Waals surface area (Å²) >= 11 is 6.07. The first-order valence-electron chi connectivity index (χ1n) is 6.98. The van der Waals surface area contributed by atoms with Gasteiger partial charge in [0.15, 0.2) is 0 Å². The minimum atomic E-state index is -0.112. The fraction of sp³-hybridized carbons (Fsp3) is 0.111. The quantitative estimate of drug-likeness (QED) is 0.778. The Morgan fingerprint density at radius 3 is 2.77 bits per heavy atom. The van der Waals surface area contributed by atoms with Gasteiger partial charge in [0.1, 0.15) is 5.71 Å². The number of halogens is 1. The summed E-state index contributed by atoms with van der Waals surface area (Å²) in [6, 6.07) is 13.2. The summed E-state index contributed by atoms with van der Waals surface area (Å²) in [5.74, 6) is -0.112. The Balaban J connectivity index is 2.12. The number of carbonyl (C=O) groups is 1. The monoisotopic (exact) mass is 310 g/mol. The van der Waals surface area contributed by atoms with Gasteiger partial charge in [-0.1, -0.05) is 35.9 Å². The molecule has 2 aromatic rings. The summed E-state index contributed by atoms with van der Waals surface area (Å²) in [7, 11) is 0. The summed E-state index contributed by atoms with van der Waals surface area (Å²) < 4.78 is 0. The van der Waals surface area contributed by atoms with Gasteiger partial charge in [0.05, 0.1) is 11.4 Å². The van der Waals surface area contributed by atoms with Crippen LogP contribution >= 0.6 is 11.6 Å². The predicted molar refractivity (Wildman–Crippen MR) is 91.4 cm³/mol. The lowest BCUT2D eigenvalue weighted by Gasteiger charge is -2.13. The van der Waals surface area contributed by atoms with Crippen LogP contribution in [-0.2, 0) is 4.79 Å². The van der Waals surface area contributed by atoms with Gasteiger partial charge < -0.3 is 4.90 Å². The van der Waals surface area contributed by atoms with Crippen molar-refractivity contribution in [2.75, 3.05) is 11.4 Å². The number of fused-ring (bicyclic) bond motifs is 1. The van der Waals surface area contributed by atoms with Crippen LogP contribution < -0.4 is 4.90 Å². The number of anilines is 1. The molecule has 0 spiro atoms. The van der Waals surface area contributed by atoms with Crippen LogP contribution in [0.2, 0.25) is 5.02 Å². The summed E-state index contributed by atoms with van der Waals surface area (Å²) in [6.45, 7) is 6.12. The molecule has 22 heavy (non-hydrogen) atoms. The Labute approximate surface area is 134 Å². The number of aryl methyl sites for hydroxylation is 1. The SMILES string of the molecule is C=CCN1C(=O)C(=Nc2cc(C)cc(Cl)c2)c2ccccc21. The molecule has 1 heterocycles. The molecule has 4 heteroatoms. The second-order valence-electron chi connectivity index (χ2n) is 5.17. The van der Waals surface area contributed by atoms with Crippen molar-refractivity contribution >= 4 is 34.6 Å². The van der Waals surface area contributed by atoms with Crippen LogP contribution in [0.15, 0.2) is 60.1 Å². The maximum absolute atomic E-state index is 12.6. The molecule has 0 unspecified atom stereocenters. The first-order valence-corrected chi connectivity index (χ1v) is 7.36. The first-order chi connectivity index (χ1) is 10.6. The molecule has 0 atom stereocenters. The van der Waals surface area contributed by atoms with E-state index in [0.717, 1.165) is 16.8 Å². The third-order valence-corrected chi connectivity index (χ3v) is 3.70. The number of aliphatic imine (C=N–C) groups is 1. The average Bonchev–Trinajstić information content (AvgIpc) is 2.73. The lowest BCUT2D eigenvalue weighted by atomic mass is 10.1. The highest BCUT2D eigenvalue weighted by Gasteiger charge is 2.32. The average molecular weight is 311 g/mol. The van der Waals surface area contributed by atoms with Crippen molar-refractivity contribution in [3.63, 3.8) is 0 Å². The van der Waals surface area contributed by atoms with Gasteiger partial charge in [-0.2, -0.15) is 0 Å². The second-order valence-corrected chi connectivity index (χ2v) is 5.61. The van der Waals surface area contributed by atoms with E-state index in [4.69, 9.17) is 11.6 Å². The molecule has 1 aliphatic rings. The van der Waals surface area contributed by atoms with E-state index in [2.05, 4.69) is 11.6 Å². The zero-order chi connectivity index (χ0) is 15.7. The number of para-hydroxylation sites is 1. The zero-order valence-corrected chi connectivity index (χ0v) is 13.0. The summed E-state index contributed by atoms with van der Waals surface area (Å²) in [4.78, 5) is 18.9. The normalized spacial score (nSPS) is 15.3. The Bertz CT molecular complexity index is 775. The van der Waals surface area contributed by atoms with Gasteiger partial charge in [-0.3, -0.25) is 4.79 Å². The van der Waals surface area contributed by atoms with E-state index in [-0.39, 0.29) is 5.91 Å². The second kappa shape index (κ2) is 5.78. The molecule has 0 radical (unpaired) electrons. The summed E-state index contributed by atoms with van der Waals surface area (Å²) in [6.07, 6.45) is 1.71. The molecule has 1 amide bonds. The Hall–Kier alpha value is -2.39. The van der Waals surface area contributed by atoms with E-state index in [1.54, 1.807) is 17.0 Å². The Kier molecular flexibility index (Phi) is 3.82. The third kappa shape index (κ3) is 2.55. The third-order valence-electron chi connectivity index (χ3n) is 3.48. The fourth-order valence-corrected chi connectivity index (χ4v) is 2.87. The van der Waals surface area contributed by atoms with E-state index in [1.807, 2.05) is 43.3 Å². The van der Waals surface area contributed by atoms with Crippen molar-refractivity contribution in [1.82, 2.24) is 0 Å². The van der Waals surface area contributed by atoms with Gasteiger partial charge in [-0.15, -0.1) is 6.58 Å². The van der Waals surface area contributed by atoms with Gasteiger partial charge in [0.25, 0.3) is 5.91 Å². The van der Waals surface area contributed by atoms with E-state index in [0.29, 0.717) is 23.0 Å². The lowest BCUT2D eigenvalue weighted by Crippen LogP contribution is -2.30. The molecule has 0 fully saturated rings. The summed E-state index contributed by atoms with van der Waals surface area (Å²) in [5.41, 5.74) is 3.84. The Morgan fingerprint density at radius 2 is 2.05 bits per heavy atom. The van der Waals surface area contributed by atoms with Crippen molar-refractivity contribution in [1.29, 1.82) is 0 Å². The van der Waals surface area contributed by atoms with E-state index in [1.165, 1.54) is 0 Å². The molecule has 0 aromatic heterocycles. The zero-order valence-electron chi connectivity index (χ0n) is 12.2. The molecule has 3 nitrogen and oxygen atoms in total. The number of hydrogen-bond donors (Lipinski definition) is 0. The topological polar surface area (TPSA) is 32.7 Å². The maximum atomic E-state index is 12.6. The van der Waals surface area contributed by atoms with Crippen LogP contribution in [0.25, 0.3) is 0 Å². The summed E-state index contributed by atoms with van der Waals surface area (Å²) in [5, 5.41) is 0.612. The minimum Gasteiger partial charge on any atom is -0.303 e. The first kappa shape index (κ1) is 14.5. The highest BCUT2D eigenvalue weighted by molar-refractivity contribution is 6.54. The van der Waals surface area contributed by atoms with Crippen LogP contribution in [-0.4, -0.2) is 18.2 Å². The van der Waals surface area contributed by atoms with E-state index < -0.39 is 0 Å². The smallest absolute Gasteiger partial charge is 0.277 e. The van der Waals surface area contributed by atoms with Gasteiger partial charge >= 0.3 is 0 Å². The molecular formula is C18H15ClN2O. The lowest BCUT2D eigenvalue weighted by molar-refractivity contribution is -0.112. The van der Waals surface area contributed by atoms with Crippen LogP contribution in [0.4, 0.5) is 11.4 Å². The van der Waals surface area contributed by atoms with Gasteiger partial charge in [-0.25, -0.2) is 4.99 Å². The number of amides is 1. The number of benzene rings is 2. The van der Waals surface area contributed by atoms with Gasteiger partial charge in [0, 0.05) is 17.1 Å². The number of hydrogen-bond acceptors (Lipinski definition) is 2. The molecule has 0 saturated carbocycles. The predicted octanol–water partition coefficient (Wildman–Crippen LogP) is 4.30. The minimum absolute atomic E-state index is 0.112. The fourth-order valence-electron chi connectivity index (χ4n) is 2.59. The van der Waals surface area contributed by atoms with Crippen molar-refractivity contribution in [3.05, 3.63) is 71.3 Å². The van der Waals surface area contributed by atoms with Gasteiger partial charge in [-0.05, 0) is 36.8 Å². The standard InChI is InChI=1S/C18H15ClN2O/c1-3-8-21-16-7-5-4-6-15(16)17(18(21)22)20-14-10-12(2)9-13(19)11-14/h3-7,9-11H,1,8H2,2H3. The highest BCUT2D eigenvalue weighted by Crippen LogP contribution is 2.31. The Morgan fingerprint density at radius 1 is 1.27 bits per heavy atom. The highest BCUT2D eigenvalue weighted by atomic mass is 35.5. The maximum Gasteiger partial charge on any atom is 0.277 e. The van der Waals surface area contributed by atoms with Crippen LogP contribution in [0, 0.1) is 6.92 Å². The molecule has 0 bridgehead atoms. The molecule has 110 valence electrons. The van der Waals surface area contributed by atoms with Crippen molar-refractivity contribution in [2.45, 2.75) is 6.92 Å². The molecule has 0 N–H and O–H groups in total. The molecule has 2 aromatic carbocycles. The molecule has 0 saturated heterocycles. The number of carbonyl (C=O) groups excluding carboxylic acids is 1. The van der Waals surface area contributed by atoms with Crippen molar-refractivity contribution in [3.8, 4) is 0 Å². The molecule has 3 rings (SSSR count). The van der Waals surface area contributed by atoms with Crippen molar-refractivity contribution in [2.24, 2.45) is 4.99 Å². The van der Waals surface area contributed by atoms with Gasteiger partial charge in [0.2, 0.25) is 0 Å². The van der Waals surface area contributed by atoms with Crippen molar-refractivity contribution < 1.29 is 4.79 Å². The number of rotatable bonds is 3. The van der Waals surface area contributed by atoms with Crippen LogP contribution in [0.5, 0.6) is 0 Å². The van der Waals surface area contributed by atoms with Crippen LogP contribution in [0.1, 0.15) is 11.1 Å². The molecule has 0 aliphatic carbocycles. The molecule has 1 aliphatic heterocycles.